The van der Waals surface area contributed by atoms with E-state index in [9.17, 15) is 47.9 Å². The topological polar surface area (TPSA) is 247 Å². The minimum atomic E-state index is -4.91. The SMILES string of the molecule is CC(C)(C)OC(=O)N1CCN(c2cccc3[nH]ccc23)CC1.Cn1c(S(=O)(=O)c2ccccc2)cc2c(N3CCN(C(=O)OC(C)(C)C)CC3)cccc21.Cn1c(S(=O)(=O)c2ccccc2)cc2c(N3CCNCC3)cccc21.Cn1ccc2c(N3CCN(C(=O)OC(C)(C)C)CC3)cccc21.O=S(=O)(F)c1ccccc1F. The lowest BCUT2D eigenvalue weighted by Crippen LogP contribution is -2.50. The number of carbonyl (C=O) groups is 3. The maximum Gasteiger partial charge on any atom is 0.410 e. The molecule has 24 nitrogen and oxygen atoms in total. The molecular weight excluding hydrogens is 1500 g/mol. The second kappa shape index (κ2) is 34.8. The van der Waals surface area contributed by atoms with E-state index < -0.39 is 57.4 Å². The molecule has 7 aromatic carbocycles. The van der Waals surface area contributed by atoms with Crippen LogP contribution in [-0.2, 0) is 65.3 Å². The molecule has 602 valence electrons. The Kier molecular flexibility index (Phi) is 25.6. The first-order chi connectivity index (χ1) is 53.5. The van der Waals surface area contributed by atoms with Crippen molar-refractivity contribution < 1.29 is 62.1 Å². The van der Waals surface area contributed by atoms with E-state index in [1.54, 1.807) is 91.5 Å². The number of ether oxygens (including phenoxy) is 3. The Morgan fingerprint density at radius 2 is 0.743 bits per heavy atom. The van der Waals surface area contributed by atoms with E-state index in [1.165, 1.54) is 39.8 Å². The van der Waals surface area contributed by atoms with Crippen LogP contribution in [0.3, 0.4) is 0 Å². The zero-order chi connectivity index (χ0) is 81.4. The average Bonchev–Trinajstić information content (AvgIpc) is 1.58. The molecule has 3 amide bonds. The quantitative estimate of drug-likeness (QED) is 0.101. The van der Waals surface area contributed by atoms with Crippen LogP contribution in [0.25, 0.3) is 43.6 Å². The van der Waals surface area contributed by atoms with Gasteiger partial charge in [0.25, 0.3) is 0 Å². The van der Waals surface area contributed by atoms with Gasteiger partial charge in [0.15, 0.2) is 0 Å². The molecule has 0 bridgehead atoms. The number of amides is 3. The number of hydrogen-bond donors (Lipinski definition) is 2. The highest BCUT2D eigenvalue weighted by Gasteiger charge is 2.33. The largest absolute Gasteiger partial charge is 0.444 e. The van der Waals surface area contributed by atoms with Crippen molar-refractivity contribution in [3.63, 3.8) is 0 Å². The standard InChI is InChI=1S/C24H29N3O4S.C19H21N3O2S.C18H25N3O2.C17H23N3O2.C6H4F2O2S/c1-24(2,3)31-23(28)27-15-13-26(14-16-27)21-12-8-11-20-19(21)17-22(25(20)4)32(29,30)18-9-6-5-7-10-18;1-21-17-8-5-9-18(22-12-10-20-11-13-22)16(17)14-19(21)25(23,24)15-6-3-2-4-7-15;1-18(2,3)23-17(22)21-12-10-20(11-13-21)16-7-5-6-15-14(16)8-9-19(15)4;1-17(2,3)22-16(21)20-11-9-19(10-12-20)15-6-4-5-14-13(15)7-8-18-14;7-5-3-1-2-4-6(5)11(8,9)10/h5-12,17H,13-16H2,1-4H3;2-9,14,20H,10-13H2,1H3;5-9H,10-13H2,1-4H3;4-8,18H,9-12H2,1-3H3;1-4H. The summed E-state index contributed by atoms with van der Waals surface area (Å²) in [5.74, 6) is -1.07. The zero-order valence-corrected chi connectivity index (χ0v) is 68.6. The third-order valence-electron chi connectivity index (χ3n) is 19.5. The summed E-state index contributed by atoms with van der Waals surface area (Å²) in [4.78, 5) is 54.1. The molecule has 4 aliphatic heterocycles. The molecule has 0 unspecified atom stereocenters. The van der Waals surface area contributed by atoms with Gasteiger partial charge in [-0.05, 0) is 172 Å². The lowest BCUT2D eigenvalue weighted by atomic mass is 10.1. The fraction of sp³-hybridized carbons (Fsp3) is 0.369. The normalized spacial score (nSPS) is 15.3. The predicted octanol–water partition coefficient (Wildman–Crippen LogP) is 14.4. The summed E-state index contributed by atoms with van der Waals surface area (Å²) in [6.45, 7) is 29.2. The molecule has 113 heavy (non-hydrogen) atoms. The van der Waals surface area contributed by atoms with Crippen molar-refractivity contribution >= 4 is 115 Å². The number of aromatic nitrogens is 4. The van der Waals surface area contributed by atoms with Crippen LogP contribution in [-0.4, -0.2) is 198 Å². The maximum atomic E-state index is 13.3. The number of carbonyl (C=O) groups excluding carboxylic acids is 3. The van der Waals surface area contributed by atoms with E-state index in [4.69, 9.17) is 14.2 Å². The van der Waals surface area contributed by atoms with Crippen LogP contribution in [0.4, 0.5) is 45.4 Å². The molecule has 4 saturated heterocycles. The lowest BCUT2D eigenvalue weighted by molar-refractivity contribution is 0.0230. The smallest absolute Gasteiger partial charge is 0.410 e. The van der Waals surface area contributed by atoms with Crippen molar-refractivity contribution in [3.8, 4) is 0 Å². The Morgan fingerprint density at radius 3 is 1.12 bits per heavy atom. The van der Waals surface area contributed by atoms with Gasteiger partial charge in [-0.3, -0.25) is 0 Å². The molecule has 4 aromatic heterocycles. The molecule has 0 atom stereocenters. The maximum absolute atomic E-state index is 13.3. The van der Waals surface area contributed by atoms with Crippen LogP contribution >= 0.6 is 0 Å². The van der Waals surface area contributed by atoms with Crippen LogP contribution in [0.5, 0.6) is 0 Å². The summed E-state index contributed by atoms with van der Waals surface area (Å²) in [6, 6.07) is 53.8. The average molecular weight is 1610 g/mol. The van der Waals surface area contributed by atoms with Crippen LogP contribution < -0.4 is 24.9 Å². The van der Waals surface area contributed by atoms with Crippen molar-refractivity contribution in [2.75, 3.05) is 124 Å². The van der Waals surface area contributed by atoms with E-state index in [2.05, 4.69) is 102 Å². The summed E-state index contributed by atoms with van der Waals surface area (Å²) in [5.41, 5.74) is 7.30. The Bertz CT molecular complexity index is 5510. The van der Waals surface area contributed by atoms with Gasteiger partial charge in [-0.1, -0.05) is 72.8 Å². The molecule has 0 spiro atoms. The van der Waals surface area contributed by atoms with Gasteiger partial charge in [-0.15, -0.1) is 3.89 Å². The van der Waals surface area contributed by atoms with Crippen LogP contribution in [0.2, 0.25) is 0 Å². The van der Waals surface area contributed by atoms with Gasteiger partial charge in [0, 0.05) is 194 Å². The lowest BCUT2D eigenvalue weighted by Gasteiger charge is -2.37. The number of aryl methyl sites for hydroxylation is 3. The van der Waals surface area contributed by atoms with E-state index in [0.717, 1.165) is 103 Å². The summed E-state index contributed by atoms with van der Waals surface area (Å²) in [6.07, 6.45) is 3.32. The van der Waals surface area contributed by atoms with E-state index in [0.29, 0.717) is 62.3 Å². The number of fused-ring (bicyclic) bond motifs is 4. The third-order valence-corrected chi connectivity index (χ3v) is 24.1. The third kappa shape index (κ3) is 20.2. The predicted molar refractivity (Wildman–Crippen MR) is 441 cm³/mol. The second-order valence-electron chi connectivity index (χ2n) is 31.0. The molecule has 15 rings (SSSR count). The Balaban J connectivity index is 0.000000143. The summed E-state index contributed by atoms with van der Waals surface area (Å²) in [7, 11) is -6.44. The van der Waals surface area contributed by atoms with Crippen molar-refractivity contribution in [2.24, 2.45) is 21.1 Å². The van der Waals surface area contributed by atoms with E-state index >= 15 is 0 Å². The Morgan fingerprint density at radius 1 is 0.389 bits per heavy atom. The highest BCUT2D eigenvalue weighted by atomic mass is 32.3. The zero-order valence-electron chi connectivity index (χ0n) is 66.1. The highest BCUT2D eigenvalue weighted by molar-refractivity contribution is 7.91. The number of nitrogens with one attached hydrogen (secondary N) is 2. The van der Waals surface area contributed by atoms with Crippen molar-refractivity contribution in [1.82, 2.24) is 38.7 Å². The van der Waals surface area contributed by atoms with Crippen LogP contribution in [0.15, 0.2) is 219 Å². The molecular formula is C84H102F2N12O12S3. The van der Waals surface area contributed by atoms with Crippen molar-refractivity contribution in [2.45, 2.75) is 104 Å². The molecule has 8 heterocycles. The van der Waals surface area contributed by atoms with Crippen molar-refractivity contribution in [3.05, 3.63) is 200 Å². The van der Waals surface area contributed by atoms with Gasteiger partial charge < -0.3 is 72.5 Å². The monoisotopic (exact) mass is 1600 g/mol. The van der Waals surface area contributed by atoms with Gasteiger partial charge in [-0.2, -0.15) is 8.42 Å². The minimum Gasteiger partial charge on any atom is -0.444 e. The molecule has 2 N–H and O–H groups in total. The first kappa shape index (κ1) is 83.3. The number of anilines is 4. The fourth-order valence-corrected chi connectivity index (χ4v) is 17.5. The summed E-state index contributed by atoms with van der Waals surface area (Å²) >= 11 is 0. The molecule has 0 aliphatic carbocycles. The minimum absolute atomic E-state index is 0.213. The number of nitrogens with zero attached hydrogens (tertiary/aromatic N) is 10. The van der Waals surface area contributed by atoms with Gasteiger partial charge >= 0.3 is 28.5 Å². The van der Waals surface area contributed by atoms with E-state index in [1.807, 2.05) is 118 Å². The number of rotatable bonds is 9. The summed E-state index contributed by atoms with van der Waals surface area (Å²) in [5, 5.41) is 8.31. The second-order valence-corrected chi connectivity index (χ2v) is 36.1. The number of halogens is 2. The molecule has 0 radical (unpaired) electrons. The summed E-state index contributed by atoms with van der Waals surface area (Å²) < 4.78 is 120. The van der Waals surface area contributed by atoms with Gasteiger partial charge in [0.05, 0.1) is 20.8 Å². The molecule has 29 heteroatoms. The van der Waals surface area contributed by atoms with Crippen LogP contribution in [0.1, 0.15) is 62.3 Å². The highest BCUT2D eigenvalue weighted by Crippen LogP contribution is 2.37. The van der Waals surface area contributed by atoms with Gasteiger partial charge in [-0.25, -0.2) is 35.6 Å². The molecule has 4 fully saturated rings. The van der Waals surface area contributed by atoms with E-state index in [-0.39, 0.29) is 28.2 Å². The molecule has 4 aliphatic rings. The Labute approximate surface area is 661 Å². The van der Waals surface area contributed by atoms with Gasteiger partial charge in [0.2, 0.25) is 19.7 Å². The number of benzene rings is 7. The van der Waals surface area contributed by atoms with Crippen LogP contribution in [0, 0.1) is 5.82 Å². The Hall–Kier alpha value is -10.6. The number of piperazine rings is 4. The van der Waals surface area contributed by atoms with Crippen molar-refractivity contribution in [1.29, 1.82) is 0 Å². The molecule has 11 aromatic rings. The first-order valence-electron chi connectivity index (χ1n) is 37.7. The molecule has 0 saturated carbocycles. The fourth-order valence-electron chi connectivity index (χ4n) is 14.0. The number of hydrogen-bond acceptors (Lipinski definition) is 17. The first-order valence-corrected chi connectivity index (χ1v) is 42.0. The van der Waals surface area contributed by atoms with Gasteiger partial charge in [0.1, 0.15) is 37.6 Å². The number of sulfone groups is 2. The number of aromatic amines is 1. The number of H-pyrrole nitrogens is 1.